The Morgan fingerprint density at radius 3 is 2.37 bits per heavy atom. The highest BCUT2D eigenvalue weighted by Gasteiger charge is 2.43. The van der Waals surface area contributed by atoms with Gasteiger partial charge in [-0.2, -0.15) is 0 Å². The Morgan fingerprint density at radius 2 is 1.74 bits per heavy atom. The highest BCUT2D eigenvalue weighted by Crippen LogP contribution is 2.41. The van der Waals surface area contributed by atoms with Crippen LogP contribution in [0.4, 0.5) is 4.79 Å². The van der Waals surface area contributed by atoms with E-state index in [4.69, 9.17) is 21.1 Å². The molecule has 1 unspecified atom stereocenters. The van der Waals surface area contributed by atoms with Crippen LogP contribution in [0.3, 0.4) is 0 Å². The first-order valence-electron chi connectivity index (χ1n) is 16.3. The molecule has 0 spiro atoms. The van der Waals surface area contributed by atoms with Crippen LogP contribution in [0.2, 0.25) is 5.02 Å². The minimum absolute atomic E-state index is 0.109. The number of nitrogens with one attached hydrogen (secondary N) is 3. The smallest absolute Gasteiger partial charge is 0.408 e. The van der Waals surface area contributed by atoms with Crippen molar-refractivity contribution in [2.45, 2.75) is 102 Å². The lowest BCUT2D eigenvalue weighted by Gasteiger charge is -2.38. The van der Waals surface area contributed by atoms with Gasteiger partial charge in [0.05, 0.1) is 7.11 Å². The first-order valence-corrected chi connectivity index (χ1v) is 16.7. The van der Waals surface area contributed by atoms with Gasteiger partial charge in [0, 0.05) is 22.9 Å². The zero-order valence-corrected chi connectivity index (χ0v) is 28.4. The van der Waals surface area contributed by atoms with Gasteiger partial charge in [-0.15, -0.1) is 0 Å². The fourth-order valence-corrected chi connectivity index (χ4v) is 7.06. The molecule has 2 aliphatic rings. The first kappa shape index (κ1) is 35.3. The minimum Gasteiger partial charge on any atom is -0.467 e. The third-order valence-electron chi connectivity index (χ3n) is 9.57. The zero-order chi connectivity index (χ0) is 33.5. The van der Waals surface area contributed by atoms with Crippen molar-refractivity contribution < 1.29 is 28.7 Å². The number of carbonyl (C=O) groups excluding carboxylic acids is 4. The molecular formula is C36H48ClN3O6. The summed E-state index contributed by atoms with van der Waals surface area (Å²) < 4.78 is 11.3. The fourth-order valence-electron chi connectivity index (χ4n) is 6.87. The van der Waals surface area contributed by atoms with E-state index in [1.54, 1.807) is 13.0 Å². The molecule has 1 aliphatic heterocycles. The van der Waals surface area contributed by atoms with Crippen molar-refractivity contribution >= 4 is 35.5 Å². The highest BCUT2D eigenvalue weighted by molar-refractivity contribution is 6.30. The molecule has 1 saturated heterocycles. The standard InChI is InChI=1S/C36H48ClN3O6/c1-23-11-9-14-25(19-23)30(35(2,3)27-15-10-16-28(37)21-27)46-34(44)40-36(4,22-24-12-7-6-8-13-24)33(43)39-29(32(42)45-5)20-26-17-18-38-31(26)41/h9-11,14-16,19,21,24,26,29-30H,6-8,12-13,17-18,20,22H2,1-5H3,(H,38,41)(H,39,43)(H,40,44)/t26-,29-,30?,36+/m0/s1. The number of halogens is 1. The van der Waals surface area contributed by atoms with E-state index in [1.165, 1.54) is 7.11 Å². The van der Waals surface area contributed by atoms with Gasteiger partial charge in [0.15, 0.2) is 0 Å². The maximum absolute atomic E-state index is 14.1. The number of methoxy groups -OCH3 is 1. The average Bonchev–Trinajstić information content (AvgIpc) is 3.43. The highest BCUT2D eigenvalue weighted by atomic mass is 35.5. The van der Waals surface area contributed by atoms with Crippen LogP contribution < -0.4 is 16.0 Å². The van der Waals surface area contributed by atoms with Crippen LogP contribution in [0.5, 0.6) is 0 Å². The molecule has 46 heavy (non-hydrogen) atoms. The number of esters is 1. The summed E-state index contributed by atoms with van der Waals surface area (Å²) in [6.45, 7) is 8.16. The van der Waals surface area contributed by atoms with Gasteiger partial charge < -0.3 is 25.4 Å². The molecule has 9 nitrogen and oxygen atoms in total. The monoisotopic (exact) mass is 653 g/mol. The number of alkyl carbamates (subject to hydrolysis) is 1. The Hall–Kier alpha value is -3.59. The predicted octanol–water partition coefficient (Wildman–Crippen LogP) is 6.31. The predicted molar refractivity (Wildman–Crippen MR) is 177 cm³/mol. The average molecular weight is 654 g/mol. The Morgan fingerprint density at radius 1 is 1.02 bits per heavy atom. The van der Waals surface area contributed by atoms with Crippen molar-refractivity contribution in [3.05, 3.63) is 70.2 Å². The molecule has 1 aliphatic carbocycles. The number of hydrogen-bond donors (Lipinski definition) is 3. The lowest BCUT2D eigenvalue weighted by atomic mass is 9.76. The summed E-state index contributed by atoms with van der Waals surface area (Å²) in [5, 5.41) is 9.10. The van der Waals surface area contributed by atoms with E-state index in [2.05, 4.69) is 16.0 Å². The van der Waals surface area contributed by atoms with Crippen LogP contribution in [0.15, 0.2) is 48.5 Å². The molecule has 4 atom stereocenters. The number of amides is 3. The molecule has 10 heteroatoms. The van der Waals surface area contributed by atoms with E-state index in [9.17, 15) is 19.2 Å². The van der Waals surface area contributed by atoms with E-state index in [1.807, 2.05) is 63.2 Å². The van der Waals surface area contributed by atoms with Crippen LogP contribution in [0.1, 0.15) is 94.9 Å². The van der Waals surface area contributed by atoms with Crippen LogP contribution >= 0.6 is 11.6 Å². The fraction of sp³-hybridized carbons (Fsp3) is 0.556. The number of carbonyl (C=O) groups is 4. The summed E-state index contributed by atoms with van der Waals surface area (Å²) in [5.41, 5.74) is 0.606. The Kier molecular flexibility index (Phi) is 11.8. The first-order chi connectivity index (χ1) is 21.8. The normalized spacial score (nSPS) is 19.7. The Balaban J connectivity index is 1.62. The molecule has 2 aromatic rings. The topological polar surface area (TPSA) is 123 Å². The second kappa shape index (κ2) is 15.3. The molecule has 0 aromatic heterocycles. The number of ether oxygens (including phenoxy) is 2. The van der Waals surface area contributed by atoms with E-state index < -0.39 is 47.0 Å². The molecule has 250 valence electrons. The lowest BCUT2D eigenvalue weighted by Crippen LogP contribution is -2.61. The molecule has 4 rings (SSSR count). The van der Waals surface area contributed by atoms with Gasteiger partial charge >= 0.3 is 12.1 Å². The van der Waals surface area contributed by atoms with Gasteiger partial charge in [-0.05, 0) is 62.3 Å². The van der Waals surface area contributed by atoms with Gasteiger partial charge in [-0.3, -0.25) is 9.59 Å². The molecule has 3 N–H and O–H groups in total. The van der Waals surface area contributed by atoms with Crippen molar-refractivity contribution in [1.82, 2.24) is 16.0 Å². The number of aryl methyl sites for hydroxylation is 1. The summed E-state index contributed by atoms with van der Waals surface area (Å²) in [4.78, 5) is 53.1. The van der Waals surface area contributed by atoms with Crippen LogP contribution in [-0.2, 0) is 29.3 Å². The van der Waals surface area contributed by atoms with E-state index in [0.29, 0.717) is 24.4 Å². The summed E-state index contributed by atoms with van der Waals surface area (Å²) in [5.74, 6) is -1.53. The molecular weight excluding hydrogens is 606 g/mol. The van der Waals surface area contributed by atoms with Gasteiger partial charge in [0.2, 0.25) is 11.8 Å². The third-order valence-corrected chi connectivity index (χ3v) is 9.80. The molecule has 1 heterocycles. The zero-order valence-electron chi connectivity index (χ0n) is 27.6. The van der Waals surface area contributed by atoms with Crippen molar-refractivity contribution in [3.63, 3.8) is 0 Å². The number of benzene rings is 2. The van der Waals surface area contributed by atoms with Gasteiger partial charge in [0.1, 0.15) is 17.7 Å². The quantitative estimate of drug-likeness (QED) is 0.231. The molecule has 2 aromatic carbocycles. The SMILES string of the molecule is COC(=O)[C@H](C[C@@H]1CCNC1=O)NC(=O)[C@@](C)(CC1CCCCC1)NC(=O)OC(c1cccc(C)c1)C(C)(C)c1cccc(Cl)c1. The molecule has 0 bridgehead atoms. The molecule has 1 saturated carbocycles. The van der Waals surface area contributed by atoms with E-state index in [-0.39, 0.29) is 18.2 Å². The second-order valence-electron chi connectivity index (χ2n) is 13.7. The molecule has 0 radical (unpaired) electrons. The maximum Gasteiger partial charge on any atom is 0.408 e. The Labute approximate surface area is 277 Å². The van der Waals surface area contributed by atoms with Gasteiger partial charge in [-0.1, -0.05) is 99.5 Å². The summed E-state index contributed by atoms with van der Waals surface area (Å²) >= 11 is 6.36. The molecule has 3 amide bonds. The largest absolute Gasteiger partial charge is 0.467 e. The summed E-state index contributed by atoms with van der Waals surface area (Å²) in [7, 11) is 1.25. The third kappa shape index (κ3) is 8.81. The van der Waals surface area contributed by atoms with Crippen molar-refractivity contribution in [2.24, 2.45) is 11.8 Å². The lowest BCUT2D eigenvalue weighted by molar-refractivity contribution is -0.146. The van der Waals surface area contributed by atoms with Crippen LogP contribution in [0, 0.1) is 18.8 Å². The minimum atomic E-state index is -1.40. The van der Waals surface area contributed by atoms with Crippen LogP contribution in [0.25, 0.3) is 0 Å². The maximum atomic E-state index is 14.1. The second-order valence-corrected chi connectivity index (χ2v) is 14.1. The van der Waals surface area contributed by atoms with Crippen LogP contribution in [-0.4, -0.2) is 49.1 Å². The summed E-state index contributed by atoms with van der Waals surface area (Å²) in [6, 6.07) is 14.2. The summed E-state index contributed by atoms with van der Waals surface area (Å²) in [6.07, 6.45) is 4.70. The van der Waals surface area contributed by atoms with Crippen molar-refractivity contribution in [3.8, 4) is 0 Å². The number of hydrogen-bond acceptors (Lipinski definition) is 6. The number of rotatable bonds is 12. The van der Waals surface area contributed by atoms with Gasteiger partial charge in [-0.25, -0.2) is 9.59 Å². The molecule has 2 fully saturated rings. The van der Waals surface area contributed by atoms with Crippen molar-refractivity contribution in [1.29, 1.82) is 0 Å². The van der Waals surface area contributed by atoms with Gasteiger partial charge in [0.25, 0.3) is 0 Å². The van der Waals surface area contributed by atoms with E-state index in [0.717, 1.165) is 48.8 Å². The van der Waals surface area contributed by atoms with Crippen molar-refractivity contribution in [2.75, 3.05) is 13.7 Å². The Bertz CT molecular complexity index is 1410. The van der Waals surface area contributed by atoms with E-state index >= 15 is 0 Å².